The molecule has 0 bridgehead atoms. The molecule has 2 heterocycles. The van der Waals surface area contributed by atoms with Crippen LogP contribution in [0.1, 0.15) is 49.8 Å². The third-order valence-electron chi connectivity index (χ3n) is 6.62. The van der Waals surface area contributed by atoms with Crippen LogP contribution in [-0.4, -0.2) is 63.7 Å². The van der Waals surface area contributed by atoms with Gasteiger partial charge in [-0.05, 0) is 81.0 Å². The van der Waals surface area contributed by atoms with E-state index in [4.69, 9.17) is 4.74 Å². The van der Waals surface area contributed by atoms with Crippen LogP contribution in [-0.2, 0) is 11.2 Å². The first-order chi connectivity index (χ1) is 15.2. The lowest BCUT2D eigenvalue weighted by Gasteiger charge is -2.47. The fraction of sp³-hybridized carbons (Fsp3) is 0.654. The maximum Gasteiger partial charge on any atom is 0.299 e. The summed E-state index contributed by atoms with van der Waals surface area (Å²) in [4.78, 5) is 18.1. The van der Waals surface area contributed by atoms with Crippen molar-refractivity contribution in [2.24, 2.45) is 5.92 Å². The van der Waals surface area contributed by atoms with Crippen LogP contribution in [0.4, 0.5) is 0 Å². The highest BCUT2D eigenvalue weighted by Crippen LogP contribution is 2.42. The number of rotatable bonds is 6. The molecule has 1 aromatic rings. The average molecular weight is 456 g/mol. The number of piperidine rings is 1. The minimum absolute atomic E-state index is 0.0215. The number of benzene rings is 1. The van der Waals surface area contributed by atoms with Crippen molar-refractivity contribution in [1.82, 2.24) is 15.1 Å². The number of nitrogens with zero attached hydrogens (tertiary/aromatic N) is 2. The minimum atomic E-state index is -1.64. The first-order valence-corrected chi connectivity index (χ1v) is 15.7. The van der Waals surface area contributed by atoms with Gasteiger partial charge in [0.2, 0.25) is 0 Å². The number of likely N-dealkylation sites (tertiary alicyclic amines) is 1. The molecule has 5 nitrogen and oxygen atoms in total. The Kier molecular flexibility index (Phi) is 8.43. The summed E-state index contributed by atoms with van der Waals surface area (Å²) in [5, 5.41) is 3.70. The van der Waals surface area contributed by atoms with Gasteiger partial charge in [-0.3, -0.25) is 10.1 Å². The molecular formula is C26H41N3O2Si. The molecule has 0 radical (unpaired) electrons. The normalized spacial score (nSPS) is 22.1. The van der Waals surface area contributed by atoms with Crippen LogP contribution in [0, 0.1) is 17.4 Å². The fourth-order valence-corrected chi connectivity index (χ4v) is 5.32. The Hall–Kier alpha value is -1.81. The van der Waals surface area contributed by atoms with Gasteiger partial charge in [0.15, 0.2) is 0 Å². The fourth-order valence-electron chi connectivity index (χ4n) is 4.84. The molecule has 2 atom stereocenters. The molecule has 0 aromatic heterocycles. The van der Waals surface area contributed by atoms with Crippen molar-refractivity contribution in [1.29, 1.82) is 0 Å². The molecule has 0 spiro atoms. The monoisotopic (exact) mass is 455 g/mol. The van der Waals surface area contributed by atoms with E-state index in [0.717, 1.165) is 57.5 Å². The Morgan fingerprint density at radius 1 is 1.25 bits per heavy atom. The van der Waals surface area contributed by atoms with Crippen LogP contribution < -0.4 is 10.1 Å². The van der Waals surface area contributed by atoms with E-state index in [1.165, 1.54) is 11.1 Å². The number of hydrogen-bond acceptors (Lipinski definition) is 4. The number of ether oxygens (including phenoxy) is 1. The van der Waals surface area contributed by atoms with Crippen molar-refractivity contribution >= 4 is 14.0 Å². The number of unbranched alkanes of at least 4 members (excludes halogenated alkanes) is 1. The van der Waals surface area contributed by atoms with E-state index >= 15 is 0 Å². The van der Waals surface area contributed by atoms with Crippen molar-refractivity contribution in [2.75, 3.05) is 33.8 Å². The molecule has 2 aliphatic heterocycles. The third kappa shape index (κ3) is 6.15. The van der Waals surface area contributed by atoms with E-state index in [1.54, 1.807) is 7.11 Å². The van der Waals surface area contributed by atoms with Gasteiger partial charge in [0.25, 0.3) is 5.91 Å². The lowest BCUT2D eigenvalue weighted by molar-refractivity contribution is -0.134. The first kappa shape index (κ1) is 24.8. The Bertz CT molecular complexity index is 847. The predicted molar refractivity (Wildman–Crippen MR) is 134 cm³/mol. The smallest absolute Gasteiger partial charge is 0.299 e. The average Bonchev–Trinajstić information content (AvgIpc) is 2.76. The lowest BCUT2D eigenvalue weighted by Crippen LogP contribution is -2.56. The number of carbonyl (C=O) groups is 1. The van der Waals surface area contributed by atoms with E-state index in [9.17, 15) is 4.79 Å². The van der Waals surface area contributed by atoms with Gasteiger partial charge in [-0.25, -0.2) is 0 Å². The molecule has 2 aliphatic rings. The number of fused-ring (bicyclic) bond motifs is 1. The van der Waals surface area contributed by atoms with E-state index in [0.29, 0.717) is 5.92 Å². The summed E-state index contributed by atoms with van der Waals surface area (Å²) in [7, 11) is 2.26. The highest BCUT2D eigenvalue weighted by molar-refractivity contribution is 6.84. The van der Waals surface area contributed by atoms with Crippen molar-refractivity contribution in [3.05, 3.63) is 29.3 Å². The van der Waals surface area contributed by atoms with Crippen LogP contribution in [0.25, 0.3) is 0 Å². The molecule has 6 heteroatoms. The molecule has 1 fully saturated rings. The summed E-state index contributed by atoms with van der Waals surface area (Å²) < 4.78 is 5.53. The molecule has 3 rings (SSSR count). The number of nitrogens with one attached hydrogen (secondary N) is 1. The largest absolute Gasteiger partial charge is 0.497 e. The van der Waals surface area contributed by atoms with Crippen LogP contribution in [0.2, 0.25) is 19.6 Å². The van der Waals surface area contributed by atoms with Gasteiger partial charge >= 0.3 is 0 Å². The summed E-state index contributed by atoms with van der Waals surface area (Å²) in [6, 6.07) is 6.45. The van der Waals surface area contributed by atoms with Gasteiger partial charge in [-0.2, -0.15) is 0 Å². The molecule has 0 aliphatic carbocycles. The van der Waals surface area contributed by atoms with Gasteiger partial charge in [-0.1, -0.05) is 39.1 Å². The minimum Gasteiger partial charge on any atom is -0.497 e. The van der Waals surface area contributed by atoms with Crippen LogP contribution >= 0.6 is 0 Å². The van der Waals surface area contributed by atoms with Crippen molar-refractivity contribution < 1.29 is 9.53 Å². The summed E-state index contributed by atoms with van der Waals surface area (Å²) >= 11 is 0. The van der Waals surface area contributed by atoms with Crippen molar-refractivity contribution in [2.45, 2.75) is 70.9 Å². The Labute approximate surface area is 195 Å². The van der Waals surface area contributed by atoms with E-state index in [-0.39, 0.29) is 18.1 Å². The standard InChI is InChI=1S/C26H41N3O2Si/c1-7-8-14-27-24-19-21-18-22(31-3)9-10-23(21)26(20-11-15-28(2)16-12-20)29(24)25(30)13-17-32(4,5)6/h9-10,18,20,24,26-27H,7-8,11-12,14-16,19H2,1-6H3/t24-,26?/m1/s1. The molecule has 1 unspecified atom stereocenters. The van der Waals surface area contributed by atoms with Gasteiger partial charge in [-0.15, -0.1) is 5.54 Å². The molecule has 176 valence electrons. The first-order valence-electron chi connectivity index (χ1n) is 12.2. The second-order valence-electron chi connectivity index (χ2n) is 10.4. The zero-order valence-electron chi connectivity index (χ0n) is 20.8. The molecule has 0 saturated carbocycles. The number of carbonyl (C=O) groups excluding carboxylic acids is 1. The molecule has 1 aromatic carbocycles. The summed E-state index contributed by atoms with van der Waals surface area (Å²) in [6.07, 6.45) is 5.18. The topological polar surface area (TPSA) is 44.8 Å². The Morgan fingerprint density at radius 2 is 1.97 bits per heavy atom. The predicted octanol–water partition coefficient (Wildman–Crippen LogP) is 4.06. The maximum atomic E-state index is 13.6. The van der Waals surface area contributed by atoms with Gasteiger partial charge in [0.05, 0.1) is 19.3 Å². The SMILES string of the molecule is CCCCN[C@H]1Cc2cc(OC)ccc2C(C2CCN(C)CC2)N1C(=O)C#C[Si](C)(C)C. The second kappa shape index (κ2) is 10.9. The van der Waals surface area contributed by atoms with Gasteiger partial charge in [0.1, 0.15) is 13.8 Å². The number of amides is 1. The van der Waals surface area contributed by atoms with Crippen molar-refractivity contribution in [3.63, 3.8) is 0 Å². The maximum absolute atomic E-state index is 13.6. The van der Waals surface area contributed by atoms with Crippen LogP contribution in [0.15, 0.2) is 18.2 Å². The highest BCUT2D eigenvalue weighted by atomic mass is 28.3. The zero-order chi connectivity index (χ0) is 23.3. The highest BCUT2D eigenvalue weighted by Gasteiger charge is 2.41. The van der Waals surface area contributed by atoms with Crippen molar-refractivity contribution in [3.8, 4) is 17.2 Å². The summed E-state index contributed by atoms with van der Waals surface area (Å²) in [5.41, 5.74) is 5.89. The second-order valence-corrected chi connectivity index (χ2v) is 15.1. The van der Waals surface area contributed by atoms with Gasteiger partial charge < -0.3 is 14.5 Å². The molecular weight excluding hydrogens is 414 g/mol. The molecule has 1 amide bonds. The summed E-state index contributed by atoms with van der Waals surface area (Å²) in [6.45, 7) is 11.8. The third-order valence-corrected chi connectivity index (χ3v) is 7.49. The molecule has 1 saturated heterocycles. The number of methoxy groups -OCH3 is 1. The lowest BCUT2D eigenvalue weighted by atomic mass is 9.79. The van der Waals surface area contributed by atoms with E-state index in [2.05, 4.69) is 72.3 Å². The van der Waals surface area contributed by atoms with E-state index < -0.39 is 8.07 Å². The summed E-state index contributed by atoms with van der Waals surface area (Å²) in [5.74, 6) is 4.37. The zero-order valence-corrected chi connectivity index (χ0v) is 21.8. The molecule has 32 heavy (non-hydrogen) atoms. The quantitative estimate of drug-likeness (QED) is 0.399. The van der Waals surface area contributed by atoms with E-state index in [1.807, 2.05) is 6.07 Å². The molecule has 1 N–H and O–H groups in total. The Morgan fingerprint density at radius 3 is 2.59 bits per heavy atom. The number of hydrogen-bond donors (Lipinski definition) is 1. The Balaban J connectivity index is 2.04. The van der Waals surface area contributed by atoms with Crippen LogP contribution in [0.5, 0.6) is 5.75 Å². The van der Waals surface area contributed by atoms with Gasteiger partial charge in [0, 0.05) is 6.42 Å². The van der Waals surface area contributed by atoms with Crippen LogP contribution in [0.3, 0.4) is 0 Å².